The van der Waals surface area contributed by atoms with Gasteiger partial charge in [-0.05, 0) is 54.7 Å². The number of amides is 1. The van der Waals surface area contributed by atoms with Gasteiger partial charge in [-0.2, -0.15) is 18.3 Å². The first-order valence-electron chi connectivity index (χ1n) is 10.3. The highest BCUT2D eigenvalue weighted by atomic mass is 35.5. The Morgan fingerprint density at radius 1 is 1.08 bits per heavy atom. The van der Waals surface area contributed by atoms with Gasteiger partial charge in [0.05, 0.1) is 29.1 Å². The second-order valence-electron chi connectivity index (χ2n) is 7.49. The van der Waals surface area contributed by atoms with Crippen LogP contribution in [0.3, 0.4) is 0 Å². The number of nitrogens with one attached hydrogen (secondary N) is 1. The average molecular weight is 553 g/mol. The smallest absolute Gasteiger partial charge is 0.418 e. The Hall–Kier alpha value is -3.34. The van der Waals surface area contributed by atoms with E-state index in [1.807, 2.05) is 0 Å². The van der Waals surface area contributed by atoms with Crippen LogP contribution in [0.15, 0.2) is 66.7 Å². The number of alkyl halides is 3. The molecule has 0 unspecified atom stereocenters. The number of hydrogen-bond acceptors (Lipinski definition) is 4. The molecule has 0 aliphatic carbocycles. The first kappa shape index (κ1) is 25.7. The largest absolute Gasteiger partial charge is 0.495 e. The summed E-state index contributed by atoms with van der Waals surface area (Å²) in [6.07, 6.45) is -4.63. The summed E-state index contributed by atoms with van der Waals surface area (Å²) in [7, 11) is 1.49. The van der Waals surface area contributed by atoms with Crippen molar-refractivity contribution in [2.75, 3.05) is 12.4 Å². The lowest BCUT2D eigenvalue weighted by atomic mass is 10.1. The monoisotopic (exact) mass is 552 g/mol. The molecule has 0 aliphatic rings. The molecule has 0 atom stereocenters. The average Bonchev–Trinajstić information content (AvgIpc) is 3.13. The van der Waals surface area contributed by atoms with Gasteiger partial charge in [-0.25, -0.2) is 4.68 Å². The summed E-state index contributed by atoms with van der Waals surface area (Å²) in [5.74, 6) is 0.0129. The topological polar surface area (TPSA) is 61.1 Å². The van der Waals surface area contributed by atoms with Crippen molar-refractivity contribution < 1.29 is 22.7 Å². The van der Waals surface area contributed by atoms with E-state index < -0.39 is 24.2 Å². The summed E-state index contributed by atoms with van der Waals surface area (Å²) in [6, 6.07) is 16.5. The number of halogens is 5. The van der Waals surface area contributed by atoms with Crippen molar-refractivity contribution >= 4 is 47.0 Å². The van der Waals surface area contributed by atoms with Gasteiger partial charge >= 0.3 is 6.18 Å². The van der Waals surface area contributed by atoms with Gasteiger partial charge < -0.3 is 10.1 Å². The van der Waals surface area contributed by atoms with Gasteiger partial charge in [0.1, 0.15) is 12.3 Å². The van der Waals surface area contributed by atoms with E-state index in [-0.39, 0.29) is 21.3 Å². The number of rotatable bonds is 6. The van der Waals surface area contributed by atoms with Crippen LogP contribution in [-0.4, -0.2) is 27.4 Å². The minimum Gasteiger partial charge on any atom is -0.495 e. The number of anilines is 1. The van der Waals surface area contributed by atoms with E-state index in [9.17, 15) is 18.0 Å². The van der Waals surface area contributed by atoms with Crippen molar-refractivity contribution in [2.24, 2.45) is 0 Å². The van der Waals surface area contributed by atoms with Crippen molar-refractivity contribution in [2.45, 2.75) is 12.7 Å². The molecule has 1 aromatic heterocycles. The minimum atomic E-state index is -4.63. The highest BCUT2D eigenvalue weighted by Crippen LogP contribution is 2.35. The second-order valence-corrected chi connectivity index (χ2v) is 8.70. The van der Waals surface area contributed by atoms with E-state index in [1.54, 1.807) is 41.0 Å². The number of nitrogens with zero attached hydrogens (tertiary/aromatic N) is 3. The lowest BCUT2D eigenvalue weighted by Crippen LogP contribution is -2.22. The molecule has 1 amide bonds. The lowest BCUT2D eigenvalue weighted by molar-refractivity contribution is -0.137. The lowest BCUT2D eigenvalue weighted by Gasteiger charge is -2.13. The van der Waals surface area contributed by atoms with E-state index >= 15 is 0 Å². The van der Waals surface area contributed by atoms with Crippen LogP contribution in [-0.2, 0) is 17.5 Å². The van der Waals surface area contributed by atoms with Crippen LogP contribution >= 0.6 is 35.4 Å². The Balaban J connectivity index is 1.78. The molecule has 6 nitrogen and oxygen atoms in total. The summed E-state index contributed by atoms with van der Waals surface area (Å²) in [5.41, 5.74) is -0.332. The van der Waals surface area contributed by atoms with Crippen LogP contribution in [0.1, 0.15) is 5.56 Å². The van der Waals surface area contributed by atoms with Gasteiger partial charge in [-0.3, -0.25) is 9.36 Å². The zero-order valence-electron chi connectivity index (χ0n) is 18.5. The molecule has 0 bridgehead atoms. The fourth-order valence-electron chi connectivity index (χ4n) is 3.55. The third kappa shape index (κ3) is 5.25. The van der Waals surface area contributed by atoms with E-state index in [4.69, 9.17) is 40.2 Å². The Kier molecular flexibility index (Phi) is 7.39. The van der Waals surface area contributed by atoms with E-state index in [2.05, 4.69) is 10.4 Å². The Morgan fingerprint density at radius 3 is 2.47 bits per heavy atom. The summed E-state index contributed by atoms with van der Waals surface area (Å²) in [4.78, 5) is 12.8. The SMILES string of the molecule is COc1ccccc1-n1c(-c2ccc(Cl)cc2Cl)nn(CC(=O)Nc2ccccc2C(F)(F)F)c1=S. The highest BCUT2D eigenvalue weighted by molar-refractivity contribution is 7.71. The zero-order chi connectivity index (χ0) is 26.0. The predicted molar refractivity (Wildman–Crippen MR) is 134 cm³/mol. The molecule has 1 N–H and O–H groups in total. The van der Waals surface area contributed by atoms with Crippen LogP contribution in [0, 0.1) is 4.77 Å². The summed E-state index contributed by atoms with van der Waals surface area (Å²) < 4.78 is 48.3. The molecule has 0 saturated heterocycles. The number of methoxy groups -OCH3 is 1. The number of carbonyl (C=O) groups excluding carboxylic acids is 1. The first-order chi connectivity index (χ1) is 17.1. The number of aromatic nitrogens is 3. The Morgan fingerprint density at radius 2 is 1.78 bits per heavy atom. The summed E-state index contributed by atoms with van der Waals surface area (Å²) in [5, 5.41) is 7.48. The van der Waals surface area contributed by atoms with Gasteiger partial charge in [0.15, 0.2) is 5.82 Å². The van der Waals surface area contributed by atoms with E-state index in [1.165, 1.54) is 36.1 Å². The maximum Gasteiger partial charge on any atom is 0.418 e. The molecule has 0 saturated carbocycles. The fourth-order valence-corrected chi connectivity index (χ4v) is 4.34. The molecular weight excluding hydrogens is 536 g/mol. The fraction of sp³-hybridized carbons (Fsp3) is 0.125. The molecular formula is C24H17Cl2F3N4O2S. The third-order valence-corrected chi connectivity index (χ3v) is 6.08. The van der Waals surface area contributed by atoms with Crippen LogP contribution < -0.4 is 10.1 Å². The van der Waals surface area contributed by atoms with Crippen molar-refractivity contribution in [3.8, 4) is 22.8 Å². The number of carbonyl (C=O) groups is 1. The number of ether oxygens (including phenoxy) is 1. The number of benzene rings is 3. The van der Waals surface area contributed by atoms with Crippen LogP contribution in [0.2, 0.25) is 10.0 Å². The molecule has 0 radical (unpaired) electrons. The van der Waals surface area contributed by atoms with Gasteiger partial charge in [-0.1, -0.05) is 47.5 Å². The molecule has 3 aromatic carbocycles. The molecule has 0 fully saturated rings. The quantitative estimate of drug-likeness (QED) is 0.260. The summed E-state index contributed by atoms with van der Waals surface area (Å²) >= 11 is 18.1. The standard InChI is InChI=1S/C24H17Cl2F3N4O2S/c1-35-20-9-5-4-8-19(20)33-22(15-11-10-14(25)12-17(15)26)31-32(23(33)36)13-21(34)30-18-7-3-2-6-16(18)24(27,28)29/h2-12H,13H2,1H3,(H,30,34). The zero-order valence-corrected chi connectivity index (χ0v) is 20.8. The maximum atomic E-state index is 13.3. The molecule has 36 heavy (non-hydrogen) atoms. The molecule has 186 valence electrons. The van der Waals surface area contributed by atoms with Crippen molar-refractivity contribution in [3.63, 3.8) is 0 Å². The first-order valence-corrected chi connectivity index (χ1v) is 11.5. The normalized spacial score (nSPS) is 11.4. The molecule has 12 heteroatoms. The van der Waals surface area contributed by atoms with Crippen molar-refractivity contribution in [1.82, 2.24) is 14.3 Å². The van der Waals surface area contributed by atoms with Crippen LogP contribution in [0.25, 0.3) is 17.1 Å². The highest BCUT2D eigenvalue weighted by Gasteiger charge is 2.33. The minimum absolute atomic E-state index is 0.0970. The third-order valence-electron chi connectivity index (χ3n) is 5.14. The maximum absolute atomic E-state index is 13.3. The van der Waals surface area contributed by atoms with Gasteiger partial charge in [0.25, 0.3) is 0 Å². The molecule has 0 aliphatic heterocycles. The van der Waals surface area contributed by atoms with Crippen molar-refractivity contribution in [3.05, 3.63) is 87.1 Å². The van der Waals surface area contributed by atoms with E-state index in [0.29, 0.717) is 22.0 Å². The Bertz CT molecular complexity index is 1500. The van der Waals surface area contributed by atoms with Gasteiger partial charge in [-0.15, -0.1) is 0 Å². The summed E-state index contributed by atoms with van der Waals surface area (Å²) in [6.45, 7) is -0.453. The van der Waals surface area contributed by atoms with E-state index in [0.717, 1.165) is 6.07 Å². The van der Waals surface area contributed by atoms with Crippen LogP contribution in [0.4, 0.5) is 18.9 Å². The predicted octanol–water partition coefficient (Wildman–Crippen LogP) is 7.04. The molecule has 0 spiro atoms. The van der Waals surface area contributed by atoms with Crippen LogP contribution in [0.5, 0.6) is 5.75 Å². The number of para-hydroxylation sites is 3. The van der Waals surface area contributed by atoms with Gasteiger partial charge in [0.2, 0.25) is 10.7 Å². The van der Waals surface area contributed by atoms with Gasteiger partial charge in [0, 0.05) is 10.6 Å². The Labute approximate surface area is 218 Å². The number of hydrogen-bond donors (Lipinski definition) is 1. The molecule has 1 heterocycles. The molecule has 4 rings (SSSR count). The second kappa shape index (κ2) is 10.3. The molecule has 4 aromatic rings. The van der Waals surface area contributed by atoms with Crippen molar-refractivity contribution in [1.29, 1.82) is 0 Å².